The van der Waals surface area contributed by atoms with Crippen molar-refractivity contribution in [1.29, 1.82) is 0 Å². The number of H-pyrrole nitrogens is 1. The Labute approximate surface area is 203 Å². The van der Waals surface area contributed by atoms with E-state index in [1.54, 1.807) is 7.11 Å². The van der Waals surface area contributed by atoms with Gasteiger partial charge in [-0.15, -0.1) is 0 Å². The van der Waals surface area contributed by atoms with Gasteiger partial charge < -0.3 is 14.8 Å². The molecule has 0 saturated carbocycles. The average Bonchev–Trinajstić information content (AvgIpc) is 3.26. The van der Waals surface area contributed by atoms with Crippen LogP contribution in [-0.4, -0.2) is 27.8 Å². The fourth-order valence-corrected chi connectivity index (χ4v) is 3.70. The second kappa shape index (κ2) is 11.3. The Kier molecular flexibility index (Phi) is 7.72. The van der Waals surface area contributed by atoms with Crippen molar-refractivity contribution in [2.75, 3.05) is 7.11 Å². The number of amides is 1. The van der Waals surface area contributed by atoms with Crippen molar-refractivity contribution in [1.82, 2.24) is 20.1 Å². The van der Waals surface area contributed by atoms with Gasteiger partial charge in [0.05, 0.1) is 7.11 Å². The Morgan fingerprint density at radius 3 is 2.53 bits per heavy atom. The Morgan fingerprint density at radius 2 is 1.76 bits per heavy atom. The van der Waals surface area contributed by atoms with Crippen LogP contribution < -0.4 is 14.8 Å². The van der Waals surface area contributed by atoms with Crippen LogP contribution in [-0.2, 0) is 24.5 Å². The Balaban J connectivity index is 1.30. The molecule has 4 aromatic rings. The smallest absolute Gasteiger partial charge is 0.222 e. The van der Waals surface area contributed by atoms with Crippen molar-refractivity contribution < 1.29 is 14.3 Å². The van der Waals surface area contributed by atoms with E-state index in [4.69, 9.17) is 21.7 Å². The third-order valence-corrected chi connectivity index (χ3v) is 5.62. The zero-order valence-electron chi connectivity index (χ0n) is 18.9. The van der Waals surface area contributed by atoms with Crippen LogP contribution in [0.25, 0.3) is 11.4 Å². The number of aromatic nitrogens is 3. The van der Waals surface area contributed by atoms with E-state index in [9.17, 15) is 4.79 Å². The summed E-state index contributed by atoms with van der Waals surface area (Å²) in [7, 11) is 1.62. The number of nitrogens with one attached hydrogen (secondary N) is 2. The second-order valence-corrected chi connectivity index (χ2v) is 8.07. The number of nitrogens with zero attached hydrogens (tertiary/aromatic N) is 2. The summed E-state index contributed by atoms with van der Waals surface area (Å²) in [6, 6.07) is 25.3. The first-order chi connectivity index (χ1) is 16.6. The highest BCUT2D eigenvalue weighted by molar-refractivity contribution is 7.71. The van der Waals surface area contributed by atoms with Crippen LogP contribution in [0.3, 0.4) is 0 Å². The van der Waals surface area contributed by atoms with E-state index in [1.165, 1.54) is 0 Å². The van der Waals surface area contributed by atoms with E-state index < -0.39 is 0 Å². The molecular formula is C26H26N4O3S. The molecule has 0 bridgehead atoms. The molecule has 0 radical (unpaired) electrons. The van der Waals surface area contributed by atoms with E-state index >= 15 is 0 Å². The fourth-order valence-electron chi connectivity index (χ4n) is 3.47. The minimum Gasteiger partial charge on any atom is -0.497 e. The highest BCUT2D eigenvalue weighted by Gasteiger charge is 2.11. The third-order valence-electron chi connectivity index (χ3n) is 5.31. The Morgan fingerprint density at radius 1 is 1.00 bits per heavy atom. The van der Waals surface area contributed by atoms with E-state index in [-0.39, 0.29) is 12.3 Å². The van der Waals surface area contributed by atoms with Gasteiger partial charge in [0.15, 0.2) is 10.6 Å². The summed E-state index contributed by atoms with van der Waals surface area (Å²) in [6.07, 6.45) is 0.279. The van der Waals surface area contributed by atoms with E-state index in [0.29, 0.717) is 30.3 Å². The molecule has 0 atom stereocenters. The molecule has 0 spiro atoms. The van der Waals surface area contributed by atoms with E-state index in [2.05, 4.69) is 15.5 Å². The molecule has 4 rings (SSSR count). The normalized spacial score (nSPS) is 10.6. The minimum absolute atomic E-state index is 0.0700. The van der Waals surface area contributed by atoms with Gasteiger partial charge in [-0.25, -0.2) is 0 Å². The molecule has 0 unspecified atom stereocenters. The molecule has 2 N–H and O–H groups in total. The number of carbonyl (C=O) groups excluding carboxylic acids is 1. The zero-order valence-corrected chi connectivity index (χ0v) is 19.7. The summed E-state index contributed by atoms with van der Waals surface area (Å²) in [6.45, 7) is 1.34. The lowest BCUT2D eigenvalue weighted by atomic mass is 10.2. The lowest BCUT2D eigenvalue weighted by Gasteiger charge is -2.10. The lowest BCUT2D eigenvalue weighted by molar-refractivity contribution is -0.121. The Hall–Kier alpha value is -3.91. The molecule has 8 heteroatoms. The predicted octanol–water partition coefficient (Wildman–Crippen LogP) is 4.90. The monoisotopic (exact) mass is 474 g/mol. The van der Waals surface area contributed by atoms with Gasteiger partial charge in [-0.2, -0.15) is 5.10 Å². The number of rotatable bonds is 10. The number of ether oxygens (including phenoxy) is 2. The first-order valence-electron chi connectivity index (χ1n) is 10.9. The zero-order chi connectivity index (χ0) is 23.8. The van der Waals surface area contributed by atoms with Gasteiger partial charge in [0.1, 0.15) is 18.1 Å². The third kappa shape index (κ3) is 6.11. The van der Waals surface area contributed by atoms with Crippen molar-refractivity contribution in [3.63, 3.8) is 0 Å². The summed E-state index contributed by atoms with van der Waals surface area (Å²) in [5.74, 6) is 2.14. The lowest BCUT2D eigenvalue weighted by Crippen LogP contribution is -2.24. The van der Waals surface area contributed by atoms with Gasteiger partial charge in [-0.05, 0) is 59.7 Å². The van der Waals surface area contributed by atoms with Gasteiger partial charge in [-0.1, -0.05) is 42.5 Å². The SMILES string of the molecule is COc1ccc(-c2n[nH]c(=S)n2CCC(=O)NCc2cccc(OCc3ccccc3)c2)cc1. The van der Waals surface area contributed by atoms with Crippen LogP contribution in [0.15, 0.2) is 78.9 Å². The Bertz CT molecular complexity index is 1280. The van der Waals surface area contributed by atoms with E-state index in [0.717, 1.165) is 28.2 Å². The van der Waals surface area contributed by atoms with Crippen LogP contribution in [0.2, 0.25) is 0 Å². The maximum Gasteiger partial charge on any atom is 0.222 e. The predicted molar refractivity (Wildman–Crippen MR) is 133 cm³/mol. The molecule has 3 aromatic carbocycles. The summed E-state index contributed by atoms with van der Waals surface area (Å²) in [5, 5.41) is 10.1. The number of aromatic amines is 1. The molecule has 1 amide bonds. The number of carbonyl (C=O) groups is 1. The molecular weight excluding hydrogens is 448 g/mol. The first kappa shape index (κ1) is 23.3. The fraction of sp³-hybridized carbons (Fsp3) is 0.192. The molecule has 34 heavy (non-hydrogen) atoms. The van der Waals surface area contributed by atoms with Crippen LogP contribution in [0.5, 0.6) is 11.5 Å². The minimum atomic E-state index is -0.0700. The number of hydrogen-bond acceptors (Lipinski definition) is 5. The highest BCUT2D eigenvalue weighted by atomic mass is 32.1. The van der Waals surface area contributed by atoms with Gasteiger partial charge in [-0.3, -0.25) is 14.5 Å². The summed E-state index contributed by atoms with van der Waals surface area (Å²) < 4.78 is 13.4. The largest absolute Gasteiger partial charge is 0.497 e. The van der Waals surface area contributed by atoms with Crippen molar-refractivity contribution in [2.24, 2.45) is 0 Å². The van der Waals surface area contributed by atoms with Crippen LogP contribution >= 0.6 is 12.2 Å². The number of benzene rings is 3. The topological polar surface area (TPSA) is 81.2 Å². The molecule has 0 aliphatic carbocycles. The van der Waals surface area contributed by atoms with E-state index in [1.807, 2.05) is 83.4 Å². The van der Waals surface area contributed by atoms with Crippen molar-refractivity contribution in [2.45, 2.75) is 26.1 Å². The molecule has 0 aliphatic heterocycles. The molecule has 0 aliphatic rings. The van der Waals surface area contributed by atoms with Gasteiger partial charge in [0.25, 0.3) is 0 Å². The molecule has 0 saturated heterocycles. The molecule has 174 valence electrons. The van der Waals surface area contributed by atoms with Gasteiger partial charge in [0.2, 0.25) is 5.91 Å². The standard InChI is InChI=1S/C26H26N4O3S/c1-32-22-12-10-21(11-13-22)25-28-29-26(34)30(25)15-14-24(31)27-17-20-8-5-9-23(16-20)33-18-19-6-3-2-4-7-19/h2-13,16H,14-15,17-18H2,1H3,(H,27,31)(H,29,34). The van der Waals surface area contributed by atoms with Gasteiger partial charge >= 0.3 is 0 Å². The maximum absolute atomic E-state index is 12.5. The maximum atomic E-state index is 12.5. The van der Waals surface area contributed by atoms with Crippen LogP contribution in [0.1, 0.15) is 17.5 Å². The average molecular weight is 475 g/mol. The van der Waals surface area contributed by atoms with Crippen molar-refractivity contribution in [3.05, 3.63) is 94.8 Å². The van der Waals surface area contributed by atoms with Crippen LogP contribution in [0, 0.1) is 4.77 Å². The summed E-state index contributed by atoms with van der Waals surface area (Å²) >= 11 is 5.36. The summed E-state index contributed by atoms with van der Waals surface area (Å²) in [4.78, 5) is 12.5. The first-order valence-corrected chi connectivity index (χ1v) is 11.3. The summed E-state index contributed by atoms with van der Waals surface area (Å²) in [5.41, 5.74) is 2.96. The second-order valence-electron chi connectivity index (χ2n) is 7.68. The van der Waals surface area contributed by atoms with Crippen LogP contribution in [0.4, 0.5) is 0 Å². The van der Waals surface area contributed by atoms with Crippen molar-refractivity contribution in [3.8, 4) is 22.9 Å². The molecule has 1 heterocycles. The van der Waals surface area contributed by atoms with Gasteiger partial charge in [0, 0.05) is 25.1 Å². The number of hydrogen-bond donors (Lipinski definition) is 2. The number of methoxy groups -OCH3 is 1. The molecule has 7 nitrogen and oxygen atoms in total. The highest BCUT2D eigenvalue weighted by Crippen LogP contribution is 2.21. The molecule has 1 aromatic heterocycles. The van der Waals surface area contributed by atoms with Crippen molar-refractivity contribution >= 4 is 18.1 Å². The molecule has 0 fully saturated rings. The quantitative estimate of drug-likeness (QED) is 0.320.